The Bertz CT molecular complexity index is 105. The van der Waals surface area contributed by atoms with Gasteiger partial charge in [0, 0.05) is 5.75 Å². The molecule has 0 aliphatic heterocycles. The maximum Gasteiger partial charge on any atom is 0.369 e. The van der Waals surface area contributed by atoms with Gasteiger partial charge in [0.2, 0.25) is 6.86 Å². The Labute approximate surface area is 57.1 Å². The first-order valence-corrected chi connectivity index (χ1v) is 3.26. The third kappa shape index (κ3) is 5.36. The van der Waals surface area contributed by atoms with E-state index in [9.17, 15) is 9.18 Å². The van der Waals surface area contributed by atoms with Crippen LogP contribution in [0.25, 0.3) is 0 Å². The van der Waals surface area contributed by atoms with Crippen LogP contribution in [0.3, 0.4) is 0 Å². The summed E-state index contributed by atoms with van der Waals surface area (Å²) >= 11 is 0.882. The van der Waals surface area contributed by atoms with E-state index in [1.165, 1.54) is 0 Å². The van der Waals surface area contributed by atoms with Crippen molar-refractivity contribution in [2.45, 2.75) is 0 Å². The van der Waals surface area contributed by atoms with Crippen LogP contribution < -0.4 is 0 Å². The van der Waals surface area contributed by atoms with Crippen LogP contribution in [0.2, 0.25) is 0 Å². The molecular formula is C5H7FO2S. The number of thioether (sulfide) groups is 1. The molecule has 0 aromatic carbocycles. The summed E-state index contributed by atoms with van der Waals surface area (Å²) in [5.74, 6) is 0.457. The maximum absolute atomic E-state index is 11.2. The summed E-state index contributed by atoms with van der Waals surface area (Å²) < 4.78 is 15.1. The van der Waals surface area contributed by atoms with Crippen LogP contribution in [0.15, 0.2) is 12.7 Å². The molecule has 0 aliphatic carbocycles. The lowest BCUT2D eigenvalue weighted by atomic mass is 10.8. The van der Waals surface area contributed by atoms with Crippen LogP contribution in [0.1, 0.15) is 0 Å². The highest BCUT2D eigenvalue weighted by molar-refractivity contribution is 8.13. The van der Waals surface area contributed by atoms with Crippen LogP contribution in [-0.4, -0.2) is 17.9 Å². The summed E-state index contributed by atoms with van der Waals surface area (Å²) in [4.78, 5) is 10.3. The van der Waals surface area contributed by atoms with E-state index in [0.717, 1.165) is 11.8 Å². The molecule has 0 aromatic heterocycles. The Kier molecular flexibility index (Phi) is 5.30. The summed E-state index contributed by atoms with van der Waals surface area (Å²) in [6.45, 7) is 2.32. The molecule has 4 heteroatoms. The van der Waals surface area contributed by atoms with Crippen molar-refractivity contribution in [3.63, 3.8) is 0 Å². The first kappa shape index (κ1) is 8.49. The van der Waals surface area contributed by atoms with Crippen molar-refractivity contribution in [2.24, 2.45) is 0 Å². The molecule has 2 nitrogen and oxygen atoms in total. The van der Waals surface area contributed by atoms with Crippen LogP contribution in [0.4, 0.5) is 9.18 Å². The van der Waals surface area contributed by atoms with Gasteiger partial charge in [-0.15, -0.1) is 6.58 Å². The molecule has 0 radical (unpaired) electrons. The summed E-state index contributed by atoms with van der Waals surface area (Å²) in [7, 11) is 0. The second-order valence-electron chi connectivity index (χ2n) is 1.10. The average molecular weight is 150 g/mol. The highest BCUT2D eigenvalue weighted by Crippen LogP contribution is 2.04. The summed E-state index contributed by atoms with van der Waals surface area (Å²) in [6.07, 6.45) is 1.55. The molecule has 0 fully saturated rings. The molecule has 0 bridgehead atoms. The lowest BCUT2D eigenvalue weighted by Gasteiger charge is -1.93. The predicted octanol–water partition coefficient (Wildman–Crippen LogP) is 1.97. The zero-order valence-corrected chi connectivity index (χ0v) is 5.62. The molecule has 0 amide bonds. The number of halogens is 1. The van der Waals surface area contributed by atoms with Crippen molar-refractivity contribution in [3.05, 3.63) is 12.7 Å². The van der Waals surface area contributed by atoms with Crippen molar-refractivity contribution in [3.8, 4) is 0 Å². The van der Waals surface area contributed by atoms with Crippen LogP contribution in [0, 0.1) is 0 Å². The van der Waals surface area contributed by atoms with E-state index in [2.05, 4.69) is 11.3 Å². The fraction of sp³-hybridized carbons (Fsp3) is 0.400. The number of ether oxygens (including phenoxy) is 1. The van der Waals surface area contributed by atoms with Crippen LogP contribution in [-0.2, 0) is 4.74 Å². The minimum absolute atomic E-state index is 0.457. The number of carbonyl (C=O) groups is 1. The molecular weight excluding hydrogens is 143 g/mol. The number of carbonyl (C=O) groups excluding carboxylic acids is 1. The Hall–Kier alpha value is -0.510. The average Bonchev–Trinajstić information content (AvgIpc) is 1.85. The molecule has 0 spiro atoms. The standard InChI is InChI=1S/C5H7FO2S/c1-2-3-9-5(7)8-4-6/h2H,1,3-4H2. The fourth-order valence-corrected chi connectivity index (χ4v) is 0.595. The van der Waals surface area contributed by atoms with E-state index in [4.69, 9.17) is 0 Å². The van der Waals surface area contributed by atoms with Gasteiger partial charge in [-0.3, -0.25) is 0 Å². The highest BCUT2D eigenvalue weighted by atomic mass is 32.2. The van der Waals surface area contributed by atoms with Gasteiger partial charge in [-0.1, -0.05) is 6.08 Å². The Balaban J connectivity index is 3.16. The molecule has 0 aromatic rings. The molecule has 0 aliphatic rings. The lowest BCUT2D eigenvalue weighted by Crippen LogP contribution is -1.94. The van der Waals surface area contributed by atoms with E-state index in [0.29, 0.717) is 5.75 Å². The minimum Gasteiger partial charge on any atom is -0.426 e. The number of alkyl halides is 1. The van der Waals surface area contributed by atoms with Gasteiger partial charge in [0.05, 0.1) is 0 Å². The molecule has 0 unspecified atom stereocenters. The van der Waals surface area contributed by atoms with Gasteiger partial charge in [0.15, 0.2) is 0 Å². The number of hydrogen-bond donors (Lipinski definition) is 0. The zero-order valence-electron chi connectivity index (χ0n) is 4.80. The molecule has 0 heterocycles. The van der Waals surface area contributed by atoms with E-state index in [1.807, 2.05) is 0 Å². The van der Waals surface area contributed by atoms with Gasteiger partial charge in [-0.2, -0.15) is 0 Å². The second kappa shape index (κ2) is 5.62. The third-order valence-electron chi connectivity index (χ3n) is 0.491. The van der Waals surface area contributed by atoms with Gasteiger partial charge in [0.1, 0.15) is 0 Å². The monoisotopic (exact) mass is 150 g/mol. The third-order valence-corrected chi connectivity index (χ3v) is 1.25. The van der Waals surface area contributed by atoms with Crippen molar-refractivity contribution in [1.29, 1.82) is 0 Å². The van der Waals surface area contributed by atoms with Gasteiger partial charge in [0.25, 0.3) is 0 Å². The van der Waals surface area contributed by atoms with Crippen molar-refractivity contribution in [2.75, 3.05) is 12.6 Å². The fourth-order valence-electron chi connectivity index (χ4n) is 0.213. The van der Waals surface area contributed by atoms with E-state index < -0.39 is 12.2 Å². The highest BCUT2D eigenvalue weighted by Gasteiger charge is 1.98. The van der Waals surface area contributed by atoms with E-state index in [-0.39, 0.29) is 0 Å². The first-order valence-electron chi connectivity index (χ1n) is 2.27. The van der Waals surface area contributed by atoms with Crippen molar-refractivity contribution < 1.29 is 13.9 Å². The molecule has 0 N–H and O–H groups in total. The quantitative estimate of drug-likeness (QED) is 0.454. The largest absolute Gasteiger partial charge is 0.426 e. The first-order chi connectivity index (χ1) is 4.31. The summed E-state index contributed by atoms with van der Waals surface area (Å²) in [5.41, 5.74) is 0. The van der Waals surface area contributed by atoms with E-state index in [1.54, 1.807) is 6.08 Å². The summed E-state index contributed by atoms with van der Waals surface area (Å²) in [6, 6.07) is 0. The zero-order chi connectivity index (χ0) is 7.11. The smallest absolute Gasteiger partial charge is 0.369 e. The topological polar surface area (TPSA) is 26.3 Å². The maximum atomic E-state index is 11.2. The van der Waals surface area contributed by atoms with Gasteiger partial charge in [-0.05, 0) is 11.8 Å². The summed E-state index contributed by atoms with van der Waals surface area (Å²) in [5, 5.41) is -0.600. The molecule has 0 rings (SSSR count). The molecule has 0 saturated heterocycles. The Morgan fingerprint density at radius 2 is 2.56 bits per heavy atom. The van der Waals surface area contributed by atoms with Crippen molar-refractivity contribution in [1.82, 2.24) is 0 Å². The van der Waals surface area contributed by atoms with Crippen LogP contribution >= 0.6 is 11.8 Å². The Morgan fingerprint density at radius 3 is 3.00 bits per heavy atom. The molecule has 52 valence electrons. The minimum atomic E-state index is -1.05. The molecule has 0 atom stereocenters. The van der Waals surface area contributed by atoms with Gasteiger partial charge in [-0.25, -0.2) is 9.18 Å². The van der Waals surface area contributed by atoms with Gasteiger partial charge >= 0.3 is 5.30 Å². The predicted molar refractivity (Wildman–Crippen MR) is 35.1 cm³/mol. The normalized spacial score (nSPS) is 8.56. The molecule has 0 saturated carbocycles. The van der Waals surface area contributed by atoms with E-state index >= 15 is 0 Å². The number of rotatable bonds is 3. The molecule has 9 heavy (non-hydrogen) atoms. The second-order valence-corrected chi connectivity index (χ2v) is 2.06. The van der Waals surface area contributed by atoms with Gasteiger partial charge < -0.3 is 4.74 Å². The van der Waals surface area contributed by atoms with Crippen LogP contribution in [0.5, 0.6) is 0 Å². The lowest BCUT2D eigenvalue weighted by molar-refractivity contribution is 0.122. The van der Waals surface area contributed by atoms with Crippen molar-refractivity contribution >= 4 is 17.1 Å². The number of hydrogen-bond acceptors (Lipinski definition) is 3. The SMILES string of the molecule is C=CCSC(=O)OCF. The Morgan fingerprint density at radius 1 is 1.89 bits per heavy atom.